The summed E-state index contributed by atoms with van der Waals surface area (Å²) < 4.78 is 29.5. The minimum absolute atomic E-state index is 0.0389. The minimum Gasteiger partial charge on any atom is -0.457 e. The third-order valence-electron chi connectivity index (χ3n) is 6.83. The predicted molar refractivity (Wildman–Crippen MR) is 142 cm³/mol. The molecule has 0 bridgehead atoms. The Morgan fingerprint density at radius 3 is 2.46 bits per heavy atom. The molecule has 0 N–H and O–H groups in total. The monoisotopic (exact) mass is 558 g/mol. The summed E-state index contributed by atoms with van der Waals surface area (Å²) >= 11 is 12.7. The van der Waals surface area contributed by atoms with Gasteiger partial charge in [0.1, 0.15) is 16.4 Å². The van der Waals surface area contributed by atoms with Crippen molar-refractivity contribution >= 4 is 44.9 Å². The summed E-state index contributed by atoms with van der Waals surface area (Å²) in [4.78, 5) is 33.6. The van der Waals surface area contributed by atoms with Crippen molar-refractivity contribution in [1.29, 1.82) is 0 Å². The van der Waals surface area contributed by atoms with E-state index in [2.05, 4.69) is 4.98 Å². The van der Waals surface area contributed by atoms with Gasteiger partial charge in [-0.2, -0.15) is 0 Å². The van der Waals surface area contributed by atoms with Gasteiger partial charge >= 0.3 is 5.97 Å². The SMILES string of the molecule is Cc1nc2c(c(-c3ccc(Cl)cc3Cl)c1C(=O)OCc1ccccc1)C(=O)N(C1CCS(=O)(=O)CC1)C2. The Morgan fingerprint density at radius 2 is 1.78 bits per heavy atom. The van der Waals surface area contributed by atoms with Crippen molar-refractivity contribution in [2.24, 2.45) is 0 Å². The Kier molecular flexibility index (Phi) is 7.00. The number of nitrogens with zero attached hydrogens (tertiary/aromatic N) is 2. The van der Waals surface area contributed by atoms with Crippen LogP contribution in [0.15, 0.2) is 48.5 Å². The zero-order valence-corrected chi connectivity index (χ0v) is 22.4. The Labute approximate surface area is 225 Å². The molecule has 2 aliphatic rings. The average Bonchev–Trinajstić information content (AvgIpc) is 3.18. The Bertz CT molecular complexity index is 1490. The maximum Gasteiger partial charge on any atom is 0.340 e. The number of sulfone groups is 1. The molecule has 3 aromatic rings. The number of pyridine rings is 1. The van der Waals surface area contributed by atoms with Crippen molar-refractivity contribution in [3.63, 3.8) is 0 Å². The maximum atomic E-state index is 13.8. The Balaban J connectivity index is 1.58. The van der Waals surface area contributed by atoms with Crippen molar-refractivity contribution in [3.05, 3.63) is 86.7 Å². The number of ether oxygens (including phenoxy) is 1. The predicted octanol–water partition coefficient (Wildman–Crippen LogP) is 5.25. The second-order valence-electron chi connectivity index (χ2n) is 9.27. The second kappa shape index (κ2) is 10.1. The van der Waals surface area contributed by atoms with E-state index in [-0.39, 0.29) is 52.8 Å². The first-order valence-electron chi connectivity index (χ1n) is 11.9. The highest BCUT2D eigenvalue weighted by molar-refractivity contribution is 7.91. The molecule has 37 heavy (non-hydrogen) atoms. The van der Waals surface area contributed by atoms with E-state index >= 15 is 0 Å². The molecule has 2 aromatic carbocycles. The number of carbonyl (C=O) groups excluding carboxylic acids is 2. The van der Waals surface area contributed by atoms with Gasteiger partial charge in [-0.3, -0.25) is 9.78 Å². The smallest absolute Gasteiger partial charge is 0.340 e. The highest BCUT2D eigenvalue weighted by Gasteiger charge is 2.40. The van der Waals surface area contributed by atoms with E-state index in [0.717, 1.165) is 5.56 Å². The van der Waals surface area contributed by atoms with E-state index in [1.54, 1.807) is 30.0 Å². The molecule has 0 radical (unpaired) electrons. The van der Waals surface area contributed by atoms with Crippen LogP contribution in [0.25, 0.3) is 11.1 Å². The van der Waals surface area contributed by atoms with Gasteiger partial charge in [0.05, 0.1) is 40.6 Å². The molecule has 1 aromatic heterocycles. The molecule has 3 heterocycles. The molecule has 1 fully saturated rings. The van der Waals surface area contributed by atoms with Crippen LogP contribution in [-0.4, -0.2) is 47.7 Å². The van der Waals surface area contributed by atoms with E-state index in [1.165, 1.54) is 0 Å². The van der Waals surface area contributed by atoms with Gasteiger partial charge in [0.25, 0.3) is 5.91 Å². The fraction of sp³-hybridized carbons (Fsp3) is 0.296. The number of carbonyl (C=O) groups is 2. The molecule has 0 spiro atoms. The highest BCUT2D eigenvalue weighted by Crippen LogP contribution is 2.41. The van der Waals surface area contributed by atoms with Gasteiger partial charge in [-0.15, -0.1) is 0 Å². The molecule has 1 saturated heterocycles. The van der Waals surface area contributed by atoms with E-state index < -0.39 is 15.8 Å². The van der Waals surface area contributed by atoms with E-state index in [4.69, 9.17) is 27.9 Å². The number of benzene rings is 2. The molecule has 7 nitrogen and oxygen atoms in total. The fourth-order valence-electron chi connectivity index (χ4n) is 4.98. The van der Waals surface area contributed by atoms with Crippen molar-refractivity contribution in [2.45, 2.75) is 39.0 Å². The summed E-state index contributed by atoms with van der Waals surface area (Å²) in [6.07, 6.45) is 0.730. The topological polar surface area (TPSA) is 93.6 Å². The molecule has 0 aliphatic carbocycles. The lowest BCUT2D eigenvalue weighted by molar-refractivity contribution is 0.0472. The summed E-state index contributed by atoms with van der Waals surface area (Å²) in [6, 6.07) is 13.9. The Hall–Kier alpha value is -2.94. The fourth-order valence-corrected chi connectivity index (χ4v) is 6.95. The number of rotatable bonds is 5. The molecule has 0 saturated carbocycles. The first kappa shape index (κ1) is 25.7. The van der Waals surface area contributed by atoms with Crippen molar-refractivity contribution < 1.29 is 22.7 Å². The first-order valence-corrected chi connectivity index (χ1v) is 14.4. The number of aromatic nitrogens is 1. The lowest BCUT2D eigenvalue weighted by atomic mass is 9.92. The number of hydrogen-bond donors (Lipinski definition) is 0. The van der Waals surface area contributed by atoms with Gasteiger partial charge in [-0.25, -0.2) is 13.2 Å². The van der Waals surface area contributed by atoms with Crippen LogP contribution in [0.4, 0.5) is 0 Å². The normalized spacial score (nSPS) is 17.1. The summed E-state index contributed by atoms with van der Waals surface area (Å²) in [5.41, 5.74) is 3.05. The molecule has 1 amide bonds. The van der Waals surface area contributed by atoms with Crippen molar-refractivity contribution in [1.82, 2.24) is 9.88 Å². The van der Waals surface area contributed by atoms with Gasteiger partial charge in [-0.05, 0) is 37.5 Å². The van der Waals surface area contributed by atoms with Crippen LogP contribution in [0.3, 0.4) is 0 Å². The molecule has 0 unspecified atom stereocenters. The first-order chi connectivity index (χ1) is 17.6. The minimum atomic E-state index is -3.09. The van der Waals surface area contributed by atoms with Crippen molar-refractivity contribution in [2.75, 3.05) is 11.5 Å². The van der Waals surface area contributed by atoms with Crippen LogP contribution >= 0.6 is 23.2 Å². The highest BCUT2D eigenvalue weighted by atomic mass is 35.5. The molecule has 2 aliphatic heterocycles. The van der Waals surface area contributed by atoms with Gasteiger partial charge in [0.15, 0.2) is 0 Å². The standard InChI is InChI=1S/C27H24Cl2N2O5S/c1-16-23(27(33)36-15-17-5-3-2-4-6-17)24(20-8-7-18(28)13-21(20)29)25-22(30-16)14-31(26(25)32)19-9-11-37(34,35)12-10-19/h2-8,13,19H,9-12,14-15H2,1H3. The van der Waals surface area contributed by atoms with Gasteiger partial charge in [-0.1, -0.05) is 59.6 Å². The summed E-state index contributed by atoms with van der Waals surface area (Å²) in [6.45, 7) is 1.99. The molecule has 0 atom stereocenters. The number of fused-ring (bicyclic) bond motifs is 1. The molecule has 5 rings (SSSR count). The van der Waals surface area contributed by atoms with Crippen LogP contribution < -0.4 is 0 Å². The maximum absolute atomic E-state index is 13.8. The van der Waals surface area contributed by atoms with Gasteiger partial charge in [0, 0.05) is 27.2 Å². The third kappa shape index (κ3) is 5.10. The lowest BCUT2D eigenvalue weighted by Gasteiger charge is -2.30. The van der Waals surface area contributed by atoms with E-state index in [9.17, 15) is 18.0 Å². The summed E-state index contributed by atoms with van der Waals surface area (Å²) in [5.74, 6) is -0.841. The van der Waals surface area contributed by atoms with Crippen LogP contribution in [-0.2, 0) is 27.7 Å². The van der Waals surface area contributed by atoms with E-state index in [0.29, 0.717) is 40.4 Å². The summed E-state index contributed by atoms with van der Waals surface area (Å²) in [7, 11) is -3.09. The third-order valence-corrected chi connectivity index (χ3v) is 9.09. The van der Waals surface area contributed by atoms with Gasteiger partial charge < -0.3 is 9.64 Å². The molecule has 192 valence electrons. The van der Waals surface area contributed by atoms with Gasteiger partial charge in [0.2, 0.25) is 0 Å². The van der Waals surface area contributed by atoms with Crippen LogP contribution in [0.2, 0.25) is 10.0 Å². The van der Waals surface area contributed by atoms with Crippen LogP contribution in [0.1, 0.15) is 50.5 Å². The number of hydrogen-bond acceptors (Lipinski definition) is 6. The molecular weight excluding hydrogens is 535 g/mol. The van der Waals surface area contributed by atoms with Crippen LogP contribution in [0, 0.1) is 6.92 Å². The zero-order valence-electron chi connectivity index (χ0n) is 20.0. The largest absolute Gasteiger partial charge is 0.457 e. The molecule has 10 heteroatoms. The molecular formula is C27H24Cl2N2O5S. The number of halogens is 2. The number of amides is 1. The second-order valence-corrected chi connectivity index (χ2v) is 12.4. The number of esters is 1. The quantitative estimate of drug-likeness (QED) is 0.397. The van der Waals surface area contributed by atoms with Crippen LogP contribution in [0.5, 0.6) is 0 Å². The Morgan fingerprint density at radius 1 is 1.08 bits per heavy atom. The van der Waals surface area contributed by atoms with Crippen molar-refractivity contribution in [3.8, 4) is 11.1 Å². The lowest BCUT2D eigenvalue weighted by Crippen LogP contribution is -2.41. The zero-order chi connectivity index (χ0) is 26.3. The summed E-state index contributed by atoms with van der Waals surface area (Å²) in [5, 5.41) is 0.702. The van der Waals surface area contributed by atoms with E-state index in [1.807, 2.05) is 30.3 Å². The average molecular weight is 559 g/mol. The number of aryl methyl sites for hydroxylation is 1.